The third-order valence-electron chi connectivity index (χ3n) is 4.18. The minimum atomic E-state index is -0.378. The van der Waals surface area contributed by atoms with Crippen LogP contribution in [0.1, 0.15) is 45.0 Å². The predicted molar refractivity (Wildman–Crippen MR) is 85.3 cm³/mol. The first kappa shape index (κ1) is 16.2. The summed E-state index contributed by atoms with van der Waals surface area (Å²) < 4.78 is 11.9. The zero-order chi connectivity index (χ0) is 15.7. The lowest BCUT2D eigenvalue weighted by Gasteiger charge is -2.32. The molecule has 0 amide bonds. The summed E-state index contributed by atoms with van der Waals surface area (Å²) in [5.74, 6) is 1.89. The standard InChI is InChI=1S/C15H24BN3O2/c1-14(2)15(3,4)21-16(20-14)8-7-11-6-5-9-19-13(11)12(18)10-17/h5-9,12H,10,17-18H2,1-4H3/b8-7+. The van der Waals surface area contributed by atoms with Crippen LogP contribution < -0.4 is 11.5 Å². The van der Waals surface area contributed by atoms with Crippen LogP contribution in [0.3, 0.4) is 0 Å². The summed E-state index contributed by atoms with van der Waals surface area (Å²) in [5.41, 5.74) is 12.6. The van der Waals surface area contributed by atoms with Crippen molar-refractivity contribution in [3.63, 3.8) is 0 Å². The van der Waals surface area contributed by atoms with Gasteiger partial charge in [0.2, 0.25) is 0 Å². The zero-order valence-electron chi connectivity index (χ0n) is 13.2. The van der Waals surface area contributed by atoms with Gasteiger partial charge in [0.1, 0.15) is 0 Å². The van der Waals surface area contributed by atoms with Crippen LogP contribution >= 0.6 is 0 Å². The molecule has 1 aromatic heterocycles. The van der Waals surface area contributed by atoms with Gasteiger partial charge in [-0.2, -0.15) is 0 Å². The third kappa shape index (κ3) is 3.35. The SMILES string of the molecule is CC1(C)OB(/C=C/c2cccnc2C(N)CN)OC1(C)C. The van der Waals surface area contributed by atoms with Crippen molar-refractivity contribution < 1.29 is 9.31 Å². The van der Waals surface area contributed by atoms with Gasteiger partial charge in [-0.05, 0) is 39.3 Å². The molecule has 0 bridgehead atoms. The van der Waals surface area contributed by atoms with Crippen LogP contribution in [0.2, 0.25) is 0 Å². The number of hydrogen-bond donors (Lipinski definition) is 2. The van der Waals surface area contributed by atoms with Crippen molar-refractivity contribution in [1.29, 1.82) is 0 Å². The second-order valence-electron chi connectivity index (χ2n) is 6.30. The van der Waals surface area contributed by atoms with E-state index in [4.69, 9.17) is 20.8 Å². The molecule has 0 saturated carbocycles. The van der Waals surface area contributed by atoms with E-state index in [0.717, 1.165) is 11.3 Å². The summed E-state index contributed by atoms with van der Waals surface area (Å²) in [6, 6.07) is 3.56. The predicted octanol–water partition coefficient (Wildman–Crippen LogP) is 1.68. The molecular weight excluding hydrogens is 265 g/mol. The summed E-state index contributed by atoms with van der Waals surface area (Å²) in [7, 11) is -0.378. The van der Waals surface area contributed by atoms with Crippen LogP contribution in [-0.4, -0.2) is 29.8 Å². The number of pyridine rings is 1. The second kappa shape index (κ2) is 5.89. The van der Waals surface area contributed by atoms with E-state index in [9.17, 15) is 0 Å². The average Bonchev–Trinajstić information content (AvgIpc) is 2.64. The summed E-state index contributed by atoms with van der Waals surface area (Å²) in [6.07, 6.45) is 3.65. The van der Waals surface area contributed by atoms with E-state index in [-0.39, 0.29) is 24.4 Å². The van der Waals surface area contributed by atoms with Gasteiger partial charge in [-0.15, -0.1) is 0 Å². The Labute approximate surface area is 126 Å². The molecule has 21 heavy (non-hydrogen) atoms. The topological polar surface area (TPSA) is 83.4 Å². The van der Waals surface area contributed by atoms with Gasteiger partial charge in [-0.3, -0.25) is 4.98 Å². The molecule has 6 heteroatoms. The minimum Gasteiger partial charge on any atom is -0.400 e. The zero-order valence-corrected chi connectivity index (χ0v) is 13.2. The van der Waals surface area contributed by atoms with Crippen LogP contribution in [0, 0.1) is 0 Å². The fourth-order valence-electron chi connectivity index (χ4n) is 2.14. The van der Waals surface area contributed by atoms with Gasteiger partial charge in [-0.1, -0.05) is 18.1 Å². The first-order chi connectivity index (χ1) is 9.77. The molecule has 4 N–H and O–H groups in total. The molecule has 0 aromatic carbocycles. The molecule has 0 radical (unpaired) electrons. The molecule has 0 aliphatic carbocycles. The Bertz CT molecular complexity index is 515. The van der Waals surface area contributed by atoms with Crippen molar-refractivity contribution in [3.8, 4) is 0 Å². The molecule has 1 saturated heterocycles. The Morgan fingerprint density at radius 2 is 1.90 bits per heavy atom. The average molecular weight is 289 g/mol. The summed E-state index contributed by atoms with van der Waals surface area (Å²) in [6.45, 7) is 8.47. The Hall–Kier alpha value is -1.21. The minimum absolute atomic E-state index is 0.274. The van der Waals surface area contributed by atoms with Crippen LogP contribution in [-0.2, 0) is 9.31 Å². The lowest BCUT2D eigenvalue weighted by atomic mass is 9.88. The molecule has 1 aliphatic rings. The van der Waals surface area contributed by atoms with E-state index in [2.05, 4.69) is 4.98 Å². The van der Waals surface area contributed by atoms with E-state index in [1.807, 2.05) is 51.9 Å². The molecule has 114 valence electrons. The van der Waals surface area contributed by atoms with E-state index < -0.39 is 0 Å². The van der Waals surface area contributed by atoms with Crippen molar-refractivity contribution in [2.45, 2.75) is 44.9 Å². The second-order valence-corrected chi connectivity index (χ2v) is 6.30. The van der Waals surface area contributed by atoms with E-state index in [0.29, 0.717) is 6.54 Å². The Morgan fingerprint density at radius 3 is 2.48 bits per heavy atom. The molecule has 0 spiro atoms. The summed E-state index contributed by atoms with van der Waals surface area (Å²) >= 11 is 0. The van der Waals surface area contributed by atoms with Gasteiger partial charge >= 0.3 is 7.12 Å². The molecule has 1 aromatic rings. The Kier molecular flexibility index (Phi) is 4.53. The maximum absolute atomic E-state index is 5.98. The monoisotopic (exact) mass is 289 g/mol. The highest BCUT2D eigenvalue weighted by Gasteiger charge is 2.50. The lowest BCUT2D eigenvalue weighted by molar-refractivity contribution is 0.00578. The first-order valence-electron chi connectivity index (χ1n) is 7.21. The lowest BCUT2D eigenvalue weighted by Crippen LogP contribution is -2.41. The van der Waals surface area contributed by atoms with Gasteiger partial charge in [0.25, 0.3) is 0 Å². The van der Waals surface area contributed by atoms with E-state index in [1.54, 1.807) is 6.20 Å². The Balaban J connectivity index is 2.17. The van der Waals surface area contributed by atoms with Crippen LogP contribution in [0.4, 0.5) is 0 Å². The highest BCUT2D eigenvalue weighted by atomic mass is 16.7. The Morgan fingerprint density at radius 1 is 1.29 bits per heavy atom. The van der Waals surface area contributed by atoms with Crippen LogP contribution in [0.25, 0.3) is 6.08 Å². The fourth-order valence-corrected chi connectivity index (χ4v) is 2.14. The normalized spacial score (nSPS) is 21.9. The summed E-state index contributed by atoms with van der Waals surface area (Å²) in [5, 5.41) is 0. The van der Waals surface area contributed by atoms with Crippen molar-refractivity contribution >= 4 is 13.2 Å². The summed E-state index contributed by atoms with van der Waals surface area (Å²) in [4.78, 5) is 4.31. The number of rotatable bonds is 4. The molecule has 2 heterocycles. The first-order valence-corrected chi connectivity index (χ1v) is 7.21. The van der Waals surface area contributed by atoms with Gasteiger partial charge in [0, 0.05) is 12.7 Å². The highest BCUT2D eigenvalue weighted by Crippen LogP contribution is 2.37. The molecule has 2 rings (SSSR count). The maximum Gasteiger partial charge on any atom is 0.487 e. The number of hydrogen-bond acceptors (Lipinski definition) is 5. The third-order valence-corrected chi connectivity index (χ3v) is 4.18. The van der Waals surface area contributed by atoms with E-state index >= 15 is 0 Å². The van der Waals surface area contributed by atoms with Crippen LogP contribution in [0.5, 0.6) is 0 Å². The molecule has 1 atom stereocenters. The maximum atomic E-state index is 5.98. The van der Waals surface area contributed by atoms with Gasteiger partial charge in [0.15, 0.2) is 0 Å². The van der Waals surface area contributed by atoms with Crippen molar-refractivity contribution in [1.82, 2.24) is 4.98 Å². The van der Waals surface area contributed by atoms with Gasteiger partial charge in [0.05, 0.1) is 22.9 Å². The van der Waals surface area contributed by atoms with Gasteiger partial charge in [-0.25, -0.2) is 0 Å². The molecule has 5 nitrogen and oxygen atoms in total. The number of nitrogens with zero attached hydrogens (tertiary/aromatic N) is 1. The highest BCUT2D eigenvalue weighted by molar-refractivity contribution is 6.52. The van der Waals surface area contributed by atoms with E-state index in [1.165, 1.54) is 0 Å². The van der Waals surface area contributed by atoms with Crippen molar-refractivity contribution in [2.24, 2.45) is 11.5 Å². The van der Waals surface area contributed by atoms with Crippen molar-refractivity contribution in [3.05, 3.63) is 35.6 Å². The molecule has 1 fully saturated rings. The van der Waals surface area contributed by atoms with Gasteiger partial charge < -0.3 is 20.8 Å². The van der Waals surface area contributed by atoms with Crippen molar-refractivity contribution in [2.75, 3.05) is 6.54 Å². The number of nitrogens with two attached hydrogens (primary N) is 2. The largest absolute Gasteiger partial charge is 0.487 e. The van der Waals surface area contributed by atoms with Crippen LogP contribution in [0.15, 0.2) is 24.3 Å². The molecule has 1 aliphatic heterocycles. The smallest absolute Gasteiger partial charge is 0.400 e. The molecular formula is C15H24BN3O2. The molecule has 1 unspecified atom stereocenters. The number of aromatic nitrogens is 1. The fraction of sp³-hybridized carbons (Fsp3) is 0.533. The quantitative estimate of drug-likeness (QED) is 0.824.